The first-order chi connectivity index (χ1) is 5.55. The van der Waals surface area contributed by atoms with Gasteiger partial charge in [0.2, 0.25) is 0 Å². The van der Waals surface area contributed by atoms with Gasteiger partial charge in [0.15, 0.2) is 0 Å². The Bertz CT molecular complexity index is 327. The number of hydrogen-bond acceptors (Lipinski definition) is 1. The van der Waals surface area contributed by atoms with Crippen LogP contribution >= 0.6 is 0 Å². The molecule has 0 aliphatic carbocycles. The fourth-order valence-electron chi connectivity index (χ4n) is 0.884. The minimum absolute atomic E-state index is 0. The van der Waals surface area contributed by atoms with Crippen molar-refractivity contribution >= 4 is 12.4 Å². The maximum atomic E-state index is 12.1. The maximum Gasteiger partial charge on any atom is 0.510 e. The van der Waals surface area contributed by atoms with E-state index in [-0.39, 0.29) is 13.0 Å². The molecule has 0 aliphatic heterocycles. The molecule has 0 radical (unpaired) electrons. The molecule has 0 aliphatic rings. The quantitative estimate of drug-likeness (QED) is 0.617. The average Bonchev–Trinajstić information content (AvgIpc) is 2.03. The van der Waals surface area contributed by atoms with E-state index in [0.29, 0.717) is 0 Å². The van der Waals surface area contributed by atoms with Gasteiger partial charge in [-0.1, -0.05) is 31.1 Å². The van der Waals surface area contributed by atoms with Crippen LogP contribution in [-0.4, -0.2) is 6.98 Å². The van der Waals surface area contributed by atoms with Gasteiger partial charge in [0.25, 0.3) is 0 Å². The third-order valence-electron chi connectivity index (χ3n) is 1.43. The third-order valence-corrected chi connectivity index (χ3v) is 1.43. The van der Waals surface area contributed by atoms with Crippen LogP contribution in [0, 0.1) is 11.3 Å². The summed E-state index contributed by atoms with van der Waals surface area (Å²) in [7, 11) is 0. The van der Waals surface area contributed by atoms with Crippen LogP contribution in [0.5, 0.6) is 0 Å². The highest BCUT2D eigenvalue weighted by atomic mass is 19.4. The van der Waals surface area contributed by atoms with E-state index in [1.165, 1.54) is 18.2 Å². The lowest BCUT2D eigenvalue weighted by atomic mass is 9.77. The van der Waals surface area contributed by atoms with Crippen molar-refractivity contribution in [2.75, 3.05) is 0 Å². The summed E-state index contributed by atoms with van der Waals surface area (Å²) in [5.74, 6) is 0. The normalized spacial score (nSPS) is 10.0. The summed E-state index contributed by atoms with van der Waals surface area (Å²) in [4.78, 5) is 0. The molecule has 0 N–H and O–H groups in total. The molecule has 0 fully saturated rings. The van der Waals surface area contributed by atoms with Crippen molar-refractivity contribution in [1.82, 2.24) is 0 Å². The van der Waals surface area contributed by atoms with Crippen LogP contribution in [0.25, 0.3) is 0 Å². The third kappa shape index (κ3) is 2.51. The fourth-order valence-corrected chi connectivity index (χ4v) is 0.884. The number of nitrogens with zero attached hydrogens (tertiary/aromatic N) is 1. The van der Waals surface area contributed by atoms with Gasteiger partial charge in [0.05, 0.1) is 6.07 Å². The Kier molecular flexibility index (Phi) is 3.55. The number of nitriles is 1. The lowest BCUT2D eigenvalue weighted by Gasteiger charge is -2.15. The van der Waals surface area contributed by atoms with Gasteiger partial charge in [-0.3, -0.25) is 0 Å². The molecule has 13 heavy (non-hydrogen) atoms. The first-order valence-electron chi connectivity index (χ1n) is 3.24. The van der Waals surface area contributed by atoms with E-state index in [1.54, 1.807) is 0 Å². The molecule has 5 heteroatoms. The highest BCUT2D eigenvalue weighted by Crippen LogP contribution is 2.10. The second kappa shape index (κ2) is 3.99. The van der Waals surface area contributed by atoms with Crippen LogP contribution in [-0.2, 0) is 0 Å². The monoisotopic (exact) mass is 186 g/mol. The zero-order chi connectivity index (χ0) is 9.19. The number of hydrogen-bond donors (Lipinski definition) is 0. The van der Waals surface area contributed by atoms with Crippen molar-refractivity contribution in [2.45, 2.75) is 7.43 Å². The van der Waals surface area contributed by atoms with Crippen LogP contribution in [0.4, 0.5) is 12.9 Å². The smallest absolute Gasteiger partial charge is 0.445 e. The summed E-state index contributed by atoms with van der Waals surface area (Å²) in [5.41, 5.74) is -1.13. The Balaban J connectivity index is 0.00000144. The first-order valence-corrected chi connectivity index (χ1v) is 3.24. The van der Waals surface area contributed by atoms with Gasteiger partial charge in [-0.2, -0.15) is 5.26 Å². The van der Waals surface area contributed by atoms with E-state index < -0.39 is 12.4 Å². The maximum absolute atomic E-state index is 12.1. The van der Waals surface area contributed by atoms with Crippen molar-refractivity contribution in [3.8, 4) is 6.07 Å². The van der Waals surface area contributed by atoms with E-state index >= 15 is 0 Å². The Morgan fingerprint density at radius 2 is 1.69 bits per heavy atom. The molecule has 1 aromatic carbocycles. The zero-order valence-corrected chi connectivity index (χ0v) is 5.97. The molecule has 0 unspecified atom stereocenters. The van der Waals surface area contributed by atoms with Crippen molar-refractivity contribution < 1.29 is 12.9 Å². The molecule has 0 bridgehead atoms. The Morgan fingerprint density at radius 3 is 2.08 bits per heavy atom. The summed E-state index contributed by atoms with van der Waals surface area (Å²) >= 11 is 0. The van der Waals surface area contributed by atoms with Gasteiger partial charge in [-0.25, -0.2) is 0 Å². The molecule has 0 saturated heterocycles. The lowest BCUT2D eigenvalue weighted by Crippen LogP contribution is -2.36. The largest absolute Gasteiger partial charge is 0.510 e. The van der Waals surface area contributed by atoms with Gasteiger partial charge in [-0.05, 0) is 6.07 Å². The predicted octanol–water partition coefficient (Wildman–Crippen LogP) is 2.25. The second-order valence-corrected chi connectivity index (χ2v) is 2.27. The topological polar surface area (TPSA) is 23.8 Å². The van der Waals surface area contributed by atoms with Crippen molar-refractivity contribution in [3.05, 3.63) is 29.8 Å². The van der Waals surface area contributed by atoms with Crippen LogP contribution in [0.1, 0.15) is 13.0 Å². The summed E-state index contributed by atoms with van der Waals surface area (Å²) < 4.78 is 36.4. The molecule has 1 nitrogen and oxygen atoms in total. The molecular weight excluding hydrogens is 178 g/mol. The van der Waals surface area contributed by atoms with Crippen molar-refractivity contribution in [2.24, 2.45) is 0 Å². The van der Waals surface area contributed by atoms with E-state index in [0.717, 1.165) is 12.1 Å². The predicted molar refractivity (Wildman–Crippen MR) is 46.6 cm³/mol. The summed E-state index contributed by atoms with van der Waals surface area (Å²) in [6.45, 7) is -5.06. The number of rotatable bonds is 1. The van der Waals surface area contributed by atoms with Gasteiger partial charge in [0.1, 0.15) is 0 Å². The highest BCUT2D eigenvalue weighted by molar-refractivity contribution is 6.74. The Hall–Kier alpha value is -1.44. The van der Waals surface area contributed by atoms with E-state index in [9.17, 15) is 12.9 Å². The fraction of sp³-hybridized carbons (Fsp3) is 0.125. The van der Waals surface area contributed by atoms with Crippen molar-refractivity contribution in [1.29, 1.82) is 5.26 Å². The molecule has 0 saturated carbocycles. The lowest BCUT2D eigenvalue weighted by molar-refractivity contribution is 0.501. The van der Waals surface area contributed by atoms with E-state index in [2.05, 4.69) is 0 Å². The van der Waals surface area contributed by atoms with Gasteiger partial charge in [0, 0.05) is 5.56 Å². The SMILES string of the molecule is C.N#Cc1ccccc1[B-](F)(F)F. The van der Waals surface area contributed by atoms with Crippen LogP contribution in [0.15, 0.2) is 24.3 Å². The molecule has 0 heterocycles. The average molecular weight is 186 g/mol. The van der Waals surface area contributed by atoms with Crippen LogP contribution in [0.3, 0.4) is 0 Å². The summed E-state index contributed by atoms with van der Waals surface area (Å²) in [6, 6.07) is 6.25. The van der Waals surface area contributed by atoms with Gasteiger partial charge < -0.3 is 12.9 Å². The van der Waals surface area contributed by atoms with Gasteiger partial charge in [-0.15, -0.1) is 0 Å². The number of halogens is 3. The number of benzene rings is 1. The van der Waals surface area contributed by atoms with Crippen LogP contribution < -0.4 is 5.46 Å². The molecule has 1 rings (SSSR count). The summed E-state index contributed by atoms with van der Waals surface area (Å²) in [5, 5.41) is 8.34. The Labute approximate surface area is 74.9 Å². The Morgan fingerprint density at radius 1 is 1.15 bits per heavy atom. The van der Waals surface area contributed by atoms with Crippen molar-refractivity contribution in [3.63, 3.8) is 0 Å². The minimum Gasteiger partial charge on any atom is -0.445 e. The van der Waals surface area contributed by atoms with Crippen LogP contribution in [0.2, 0.25) is 0 Å². The zero-order valence-electron chi connectivity index (χ0n) is 5.97. The minimum atomic E-state index is -5.06. The standard InChI is InChI=1S/C7H4BF3N.CH4/c9-8(10,11)7-4-2-1-3-6(7)5-12;/h1-4H;1H4/q-1;. The molecule has 0 aromatic heterocycles. The molecule has 1 aromatic rings. The van der Waals surface area contributed by atoms with Gasteiger partial charge >= 0.3 is 6.98 Å². The summed E-state index contributed by atoms with van der Waals surface area (Å²) in [6.07, 6.45) is 0. The molecule has 0 amide bonds. The first kappa shape index (κ1) is 11.6. The van der Waals surface area contributed by atoms with E-state index in [1.807, 2.05) is 0 Å². The van der Waals surface area contributed by atoms with E-state index in [4.69, 9.17) is 5.26 Å². The second-order valence-electron chi connectivity index (χ2n) is 2.27. The molecule has 70 valence electrons. The molecular formula is C8H8BF3N-. The molecule has 0 spiro atoms. The highest BCUT2D eigenvalue weighted by Gasteiger charge is 2.27. The molecule has 0 atom stereocenters.